The fraction of sp³-hybridized carbons (Fsp3) is 0.455. The van der Waals surface area contributed by atoms with Crippen molar-refractivity contribution < 1.29 is 5.11 Å². The fourth-order valence-corrected chi connectivity index (χ4v) is 4.57. The molecule has 0 spiro atoms. The second kappa shape index (κ2) is 8.44. The number of hydrogen-bond donors (Lipinski definition) is 3. The van der Waals surface area contributed by atoms with Gasteiger partial charge in [-0.15, -0.1) is 0 Å². The van der Waals surface area contributed by atoms with Crippen molar-refractivity contribution in [2.24, 2.45) is 5.92 Å². The van der Waals surface area contributed by atoms with Crippen LogP contribution in [0, 0.1) is 17.2 Å². The van der Waals surface area contributed by atoms with Crippen molar-refractivity contribution in [2.45, 2.75) is 57.2 Å². The number of nitriles is 1. The number of aliphatic hydroxyl groups is 1. The highest BCUT2D eigenvalue weighted by atomic mass is 79.9. The second-order valence-corrected chi connectivity index (χ2v) is 9.44. The Morgan fingerprint density at radius 3 is 2.68 bits per heavy atom. The smallest absolute Gasteiger partial charge is 0.227 e. The van der Waals surface area contributed by atoms with Crippen LogP contribution in [0.15, 0.2) is 29.0 Å². The summed E-state index contributed by atoms with van der Waals surface area (Å²) in [6.45, 7) is 0.914. The summed E-state index contributed by atoms with van der Waals surface area (Å²) in [6.07, 6.45) is 7.50. The Kier molecular flexibility index (Phi) is 5.50. The molecule has 2 saturated carbocycles. The van der Waals surface area contributed by atoms with E-state index in [1.807, 2.05) is 12.4 Å². The van der Waals surface area contributed by atoms with Gasteiger partial charge < -0.3 is 20.3 Å². The molecule has 3 aromatic rings. The van der Waals surface area contributed by atoms with E-state index in [4.69, 9.17) is 9.97 Å². The van der Waals surface area contributed by atoms with Crippen LogP contribution in [0.5, 0.6) is 0 Å². The van der Waals surface area contributed by atoms with E-state index >= 15 is 0 Å². The van der Waals surface area contributed by atoms with Crippen LogP contribution in [0.25, 0.3) is 11.2 Å². The molecule has 0 aliphatic heterocycles. The number of imidazole rings is 1. The zero-order valence-electron chi connectivity index (χ0n) is 17.1. The lowest BCUT2D eigenvalue weighted by Gasteiger charge is -2.26. The molecule has 0 bridgehead atoms. The Labute approximate surface area is 188 Å². The van der Waals surface area contributed by atoms with Gasteiger partial charge in [0.05, 0.1) is 24.1 Å². The molecular weight excluding hydrogens is 458 g/mol. The van der Waals surface area contributed by atoms with E-state index in [0.717, 1.165) is 48.0 Å². The van der Waals surface area contributed by atoms with Crippen molar-refractivity contribution >= 4 is 44.5 Å². The maximum Gasteiger partial charge on any atom is 0.227 e. The lowest BCUT2D eigenvalue weighted by atomic mass is 9.93. The summed E-state index contributed by atoms with van der Waals surface area (Å²) in [5.41, 5.74) is 2.83. The topological polar surface area (TPSA) is 112 Å². The lowest BCUT2D eigenvalue weighted by molar-refractivity contribution is 0.126. The van der Waals surface area contributed by atoms with E-state index in [1.54, 1.807) is 12.1 Å². The van der Waals surface area contributed by atoms with E-state index in [-0.39, 0.29) is 12.1 Å². The van der Waals surface area contributed by atoms with Gasteiger partial charge >= 0.3 is 0 Å². The molecule has 9 heteroatoms. The number of aliphatic hydroxyl groups excluding tert-OH is 1. The third kappa shape index (κ3) is 4.65. The molecule has 2 heterocycles. The van der Waals surface area contributed by atoms with E-state index in [9.17, 15) is 10.4 Å². The Hall–Kier alpha value is -2.70. The summed E-state index contributed by atoms with van der Waals surface area (Å²) in [5.74, 6) is 1.87. The lowest BCUT2D eigenvalue weighted by Crippen LogP contribution is -2.29. The number of aromatic nitrogens is 4. The normalized spacial score (nSPS) is 21.1. The van der Waals surface area contributed by atoms with E-state index < -0.39 is 0 Å². The van der Waals surface area contributed by atoms with Crippen LogP contribution in [0.1, 0.15) is 44.1 Å². The monoisotopic (exact) mass is 481 g/mol. The minimum absolute atomic E-state index is 0.204. The van der Waals surface area contributed by atoms with Crippen LogP contribution in [-0.4, -0.2) is 36.8 Å². The summed E-state index contributed by atoms with van der Waals surface area (Å²) in [6, 6.07) is 7.89. The molecule has 2 fully saturated rings. The van der Waals surface area contributed by atoms with Crippen LogP contribution in [0.2, 0.25) is 0 Å². The maximum atomic E-state index is 9.80. The van der Waals surface area contributed by atoms with Crippen LogP contribution < -0.4 is 10.6 Å². The van der Waals surface area contributed by atoms with E-state index in [2.05, 4.69) is 42.2 Å². The van der Waals surface area contributed by atoms with Crippen LogP contribution >= 0.6 is 15.9 Å². The first kappa shape index (κ1) is 20.2. The number of anilines is 3. The largest absolute Gasteiger partial charge is 0.393 e. The highest BCUT2D eigenvalue weighted by Gasteiger charge is 2.25. The Balaban J connectivity index is 1.50. The minimum Gasteiger partial charge on any atom is -0.393 e. The number of rotatable bonds is 6. The summed E-state index contributed by atoms with van der Waals surface area (Å²) in [5, 5.41) is 25.9. The molecule has 5 rings (SSSR count). The average molecular weight is 482 g/mol. The number of halogens is 1. The highest BCUT2D eigenvalue weighted by Crippen LogP contribution is 2.33. The van der Waals surface area contributed by atoms with Crippen molar-refractivity contribution in [1.29, 1.82) is 5.26 Å². The highest BCUT2D eigenvalue weighted by molar-refractivity contribution is 9.10. The minimum atomic E-state index is -0.204. The number of nitrogens with zero attached hydrogens (tertiary/aromatic N) is 5. The Bertz CT molecular complexity index is 1140. The van der Waals surface area contributed by atoms with Crippen molar-refractivity contribution in [2.75, 3.05) is 10.6 Å². The summed E-state index contributed by atoms with van der Waals surface area (Å²) >= 11 is 3.46. The molecule has 2 aromatic heterocycles. The molecule has 0 atom stereocenters. The molecule has 3 N–H and O–H groups in total. The van der Waals surface area contributed by atoms with Gasteiger partial charge in [-0.1, -0.05) is 15.9 Å². The zero-order chi connectivity index (χ0) is 21.4. The van der Waals surface area contributed by atoms with Crippen molar-refractivity contribution in [3.05, 3.63) is 34.6 Å². The van der Waals surface area contributed by atoms with Gasteiger partial charge in [-0.25, -0.2) is 4.98 Å². The number of benzene rings is 1. The quantitative estimate of drug-likeness (QED) is 0.480. The predicted octanol–water partition coefficient (Wildman–Crippen LogP) is 4.33. The van der Waals surface area contributed by atoms with Gasteiger partial charge in [-0.2, -0.15) is 15.2 Å². The Morgan fingerprint density at radius 2 is 1.94 bits per heavy atom. The first-order valence-electron chi connectivity index (χ1n) is 10.7. The Morgan fingerprint density at radius 1 is 1.13 bits per heavy atom. The van der Waals surface area contributed by atoms with Crippen LogP contribution in [-0.2, 0) is 6.54 Å². The molecule has 31 heavy (non-hydrogen) atoms. The third-order valence-corrected chi connectivity index (χ3v) is 6.39. The predicted molar refractivity (Wildman–Crippen MR) is 122 cm³/mol. The molecule has 8 nitrogen and oxygen atoms in total. The van der Waals surface area contributed by atoms with Gasteiger partial charge in [-0.3, -0.25) is 0 Å². The van der Waals surface area contributed by atoms with Gasteiger partial charge in [0.2, 0.25) is 5.95 Å². The first-order chi connectivity index (χ1) is 15.1. The van der Waals surface area contributed by atoms with Gasteiger partial charge in [0.1, 0.15) is 0 Å². The molecular formula is C22H24BrN7O. The first-order valence-corrected chi connectivity index (χ1v) is 11.5. The molecule has 2 aliphatic carbocycles. The molecule has 0 amide bonds. The molecule has 1 aromatic carbocycles. The van der Waals surface area contributed by atoms with E-state index in [1.165, 1.54) is 12.8 Å². The molecule has 2 aliphatic rings. The van der Waals surface area contributed by atoms with Crippen LogP contribution in [0.4, 0.5) is 17.5 Å². The zero-order valence-corrected chi connectivity index (χ0v) is 18.6. The van der Waals surface area contributed by atoms with Gasteiger partial charge in [0, 0.05) is 22.7 Å². The fourth-order valence-electron chi connectivity index (χ4n) is 4.07. The van der Waals surface area contributed by atoms with E-state index in [0.29, 0.717) is 28.8 Å². The van der Waals surface area contributed by atoms with Crippen LogP contribution in [0.3, 0.4) is 0 Å². The van der Waals surface area contributed by atoms with Gasteiger partial charge in [0.15, 0.2) is 17.0 Å². The molecule has 0 radical (unpaired) electrons. The van der Waals surface area contributed by atoms with Gasteiger partial charge in [0.25, 0.3) is 0 Å². The third-order valence-electron chi connectivity index (χ3n) is 5.94. The van der Waals surface area contributed by atoms with Crippen molar-refractivity contribution in [3.8, 4) is 6.07 Å². The number of hydrogen-bond acceptors (Lipinski definition) is 7. The summed E-state index contributed by atoms with van der Waals surface area (Å²) in [7, 11) is 0. The van der Waals surface area contributed by atoms with Crippen molar-refractivity contribution in [1.82, 2.24) is 19.5 Å². The maximum absolute atomic E-state index is 9.80. The number of nitrogens with one attached hydrogen (secondary N) is 2. The molecule has 160 valence electrons. The van der Waals surface area contributed by atoms with Crippen molar-refractivity contribution in [3.63, 3.8) is 0 Å². The number of fused-ring (bicyclic) bond motifs is 1. The summed E-state index contributed by atoms with van der Waals surface area (Å²) < 4.78 is 2.93. The summed E-state index contributed by atoms with van der Waals surface area (Å²) in [4.78, 5) is 14.1. The molecule has 0 unspecified atom stereocenters. The van der Waals surface area contributed by atoms with Gasteiger partial charge in [-0.05, 0) is 62.6 Å². The standard InChI is InChI=1S/C22H24BrN7O/c23-15-7-14(10-24)8-17(9-15)26-20-19-21(30(12-25-19)11-13-1-2-13)29-22(28-20)27-16-3-5-18(31)6-4-16/h7-9,12-13,16,18,31H,1-6,11H2,(H2,26,27,28,29). The average Bonchev–Trinajstić information content (AvgIpc) is 3.48. The second-order valence-electron chi connectivity index (χ2n) is 8.52. The molecule has 0 saturated heterocycles. The SMILES string of the molecule is N#Cc1cc(Br)cc(Nc2nc(NC3CCC(O)CC3)nc3c2ncn3CC2CC2)c1.